The van der Waals surface area contributed by atoms with Crippen molar-refractivity contribution in [2.45, 2.75) is 26.4 Å². The molecule has 0 fully saturated rings. The van der Waals surface area contributed by atoms with Gasteiger partial charge in [-0.3, -0.25) is 0 Å². The maximum absolute atomic E-state index is 11.5. The van der Waals surface area contributed by atoms with Gasteiger partial charge in [-0.1, -0.05) is 6.07 Å². The van der Waals surface area contributed by atoms with Crippen LogP contribution >= 0.6 is 0 Å². The molecule has 0 aliphatic heterocycles. The van der Waals surface area contributed by atoms with Crippen molar-refractivity contribution in [3.05, 3.63) is 34.9 Å². The van der Waals surface area contributed by atoms with Crippen LogP contribution < -0.4 is 0 Å². The van der Waals surface area contributed by atoms with Crippen molar-refractivity contribution in [2.24, 2.45) is 0 Å². The fraction of sp³-hybridized carbons (Fsp3) is 0.385. The average molecular weight is 233 g/mol. The second kappa shape index (κ2) is 6.66. The van der Waals surface area contributed by atoms with Crippen LogP contribution in [0, 0.1) is 11.3 Å². The molecule has 0 saturated heterocycles. The number of aryl methyl sites for hydroxylation is 1. The van der Waals surface area contributed by atoms with E-state index < -0.39 is 5.97 Å². The van der Waals surface area contributed by atoms with Gasteiger partial charge in [-0.2, -0.15) is 5.26 Å². The van der Waals surface area contributed by atoms with Crippen molar-refractivity contribution >= 4 is 5.97 Å². The summed E-state index contributed by atoms with van der Waals surface area (Å²) in [5.74, 6) is -0.394. The maximum Gasteiger partial charge on any atom is 0.338 e. The number of carbonyl (C=O) groups excluding carboxylic acids is 1. The molecule has 90 valence electrons. The van der Waals surface area contributed by atoms with Crippen molar-refractivity contribution in [3.63, 3.8) is 0 Å². The standard InChI is InChI=1S/C13H15NO3/c1-2-17-13(16)11-6-5-10(4-3-7-14)12(8-11)9-15/h5-6,8,15H,2-4,9H2,1H3. The molecule has 0 heterocycles. The molecule has 0 bridgehead atoms. The summed E-state index contributed by atoms with van der Waals surface area (Å²) in [7, 11) is 0. The number of carbonyl (C=O) groups is 1. The lowest BCUT2D eigenvalue weighted by Crippen LogP contribution is -2.06. The van der Waals surface area contributed by atoms with Crippen LogP contribution in [0.4, 0.5) is 0 Å². The highest BCUT2D eigenvalue weighted by atomic mass is 16.5. The Morgan fingerprint density at radius 1 is 1.47 bits per heavy atom. The quantitative estimate of drug-likeness (QED) is 0.787. The summed E-state index contributed by atoms with van der Waals surface area (Å²) < 4.78 is 4.88. The topological polar surface area (TPSA) is 70.3 Å². The van der Waals surface area contributed by atoms with Crippen LogP contribution in [0.1, 0.15) is 34.8 Å². The molecule has 0 atom stereocenters. The Morgan fingerprint density at radius 2 is 2.24 bits per heavy atom. The Bertz CT molecular complexity index is 435. The number of hydrogen-bond donors (Lipinski definition) is 1. The van der Waals surface area contributed by atoms with Gasteiger partial charge in [0.1, 0.15) is 0 Å². The van der Waals surface area contributed by atoms with E-state index >= 15 is 0 Å². The van der Waals surface area contributed by atoms with Gasteiger partial charge in [-0.05, 0) is 36.6 Å². The number of hydrogen-bond acceptors (Lipinski definition) is 4. The lowest BCUT2D eigenvalue weighted by atomic mass is 10.0. The van der Waals surface area contributed by atoms with Gasteiger partial charge in [0.25, 0.3) is 0 Å². The minimum atomic E-state index is -0.394. The lowest BCUT2D eigenvalue weighted by Gasteiger charge is -2.08. The van der Waals surface area contributed by atoms with Gasteiger partial charge < -0.3 is 9.84 Å². The fourth-order valence-corrected chi connectivity index (χ4v) is 1.55. The fourth-order valence-electron chi connectivity index (χ4n) is 1.55. The summed E-state index contributed by atoms with van der Waals surface area (Å²) in [6.07, 6.45) is 0.973. The highest BCUT2D eigenvalue weighted by Gasteiger charge is 2.09. The first kappa shape index (κ1) is 13.2. The van der Waals surface area contributed by atoms with Gasteiger partial charge in [-0.25, -0.2) is 4.79 Å². The monoisotopic (exact) mass is 233 g/mol. The van der Waals surface area contributed by atoms with Crippen LogP contribution in [0.2, 0.25) is 0 Å². The van der Waals surface area contributed by atoms with Crippen LogP contribution in [0.5, 0.6) is 0 Å². The van der Waals surface area contributed by atoms with Crippen molar-refractivity contribution in [2.75, 3.05) is 6.61 Å². The van der Waals surface area contributed by atoms with E-state index in [1.807, 2.05) is 0 Å². The summed E-state index contributed by atoms with van der Waals surface area (Å²) >= 11 is 0. The minimum Gasteiger partial charge on any atom is -0.462 e. The van der Waals surface area contributed by atoms with Crippen molar-refractivity contribution in [3.8, 4) is 6.07 Å². The van der Waals surface area contributed by atoms with Gasteiger partial charge in [0.15, 0.2) is 0 Å². The zero-order valence-electron chi connectivity index (χ0n) is 9.77. The maximum atomic E-state index is 11.5. The van der Waals surface area contributed by atoms with E-state index in [0.717, 1.165) is 5.56 Å². The van der Waals surface area contributed by atoms with E-state index in [9.17, 15) is 9.90 Å². The predicted octanol–water partition coefficient (Wildman–Crippen LogP) is 1.81. The summed E-state index contributed by atoms with van der Waals surface area (Å²) in [6, 6.07) is 7.08. The molecular weight excluding hydrogens is 218 g/mol. The second-order valence-corrected chi connectivity index (χ2v) is 3.52. The molecule has 4 heteroatoms. The molecule has 1 N–H and O–H groups in total. The first-order valence-electron chi connectivity index (χ1n) is 5.49. The molecule has 1 rings (SSSR count). The molecule has 1 aromatic carbocycles. The number of esters is 1. The van der Waals surface area contributed by atoms with Gasteiger partial charge >= 0.3 is 5.97 Å². The molecule has 0 aliphatic carbocycles. The van der Waals surface area contributed by atoms with Gasteiger partial charge in [0.2, 0.25) is 0 Å². The van der Waals surface area contributed by atoms with Crippen molar-refractivity contribution in [1.29, 1.82) is 5.26 Å². The van der Waals surface area contributed by atoms with Gasteiger partial charge in [-0.15, -0.1) is 0 Å². The summed E-state index contributed by atoms with van der Waals surface area (Å²) in [5.41, 5.74) is 1.99. The van der Waals surface area contributed by atoms with E-state index in [2.05, 4.69) is 6.07 Å². The van der Waals surface area contributed by atoms with Crippen LogP contribution in [-0.4, -0.2) is 17.7 Å². The summed E-state index contributed by atoms with van der Waals surface area (Å²) in [6.45, 7) is 1.92. The molecule has 0 spiro atoms. The molecule has 0 aromatic heterocycles. The van der Waals surface area contributed by atoms with Gasteiger partial charge in [0.05, 0.1) is 24.8 Å². The number of ether oxygens (including phenoxy) is 1. The van der Waals surface area contributed by atoms with Gasteiger partial charge in [0, 0.05) is 6.42 Å². The average Bonchev–Trinajstić information content (AvgIpc) is 2.36. The van der Waals surface area contributed by atoms with Crippen molar-refractivity contribution < 1.29 is 14.6 Å². The highest BCUT2D eigenvalue weighted by molar-refractivity contribution is 5.89. The number of aliphatic hydroxyl groups is 1. The number of rotatable bonds is 5. The van der Waals surface area contributed by atoms with Crippen LogP contribution in [-0.2, 0) is 17.8 Å². The zero-order valence-corrected chi connectivity index (χ0v) is 9.77. The third-order valence-electron chi connectivity index (χ3n) is 2.39. The summed E-state index contributed by atoms with van der Waals surface area (Å²) in [5, 5.41) is 17.7. The van der Waals surface area contributed by atoms with E-state index in [4.69, 9.17) is 10.00 Å². The lowest BCUT2D eigenvalue weighted by molar-refractivity contribution is 0.0526. The Kier molecular flexibility index (Phi) is 5.18. The molecule has 0 unspecified atom stereocenters. The third-order valence-corrected chi connectivity index (χ3v) is 2.39. The Balaban J connectivity index is 2.92. The summed E-state index contributed by atoms with van der Waals surface area (Å²) in [4.78, 5) is 11.5. The van der Waals surface area contributed by atoms with Crippen LogP contribution in [0.25, 0.3) is 0 Å². The van der Waals surface area contributed by atoms with Crippen LogP contribution in [0.3, 0.4) is 0 Å². The highest BCUT2D eigenvalue weighted by Crippen LogP contribution is 2.15. The first-order valence-corrected chi connectivity index (χ1v) is 5.49. The Labute approximate surface area is 100 Å². The SMILES string of the molecule is CCOC(=O)c1ccc(CCC#N)c(CO)c1. The van der Waals surface area contributed by atoms with Crippen molar-refractivity contribution in [1.82, 2.24) is 0 Å². The number of benzene rings is 1. The number of nitriles is 1. The van der Waals surface area contributed by atoms with E-state index in [-0.39, 0.29) is 6.61 Å². The molecule has 0 aliphatic rings. The van der Waals surface area contributed by atoms with Crippen LogP contribution in [0.15, 0.2) is 18.2 Å². The van der Waals surface area contributed by atoms with E-state index in [1.54, 1.807) is 25.1 Å². The molecule has 17 heavy (non-hydrogen) atoms. The second-order valence-electron chi connectivity index (χ2n) is 3.52. The molecule has 0 saturated carbocycles. The first-order chi connectivity index (χ1) is 8.22. The molecular formula is C13H15NO3. The number of aliphatic hydroxyl groups excluding tert-OH is 1. The molecule has 0 radical (unpaired) electrons. The number of nitrogens with zero attached hydrogens (tertiary/aromatic N) is 1. The molecule has 1 aromatic rings. The largest absolute Gasteiger partial charge is 0.462 e. The normalized spacial score (nSPS) is 9.71. The predicted molar refractivity (Wildman–Crippen MR) is 62.3 cm³/mol. The third kappa shape index (κ3) is 3.58. The smallest absolute Gasteiger partial charge is 0.338 e. The Hall–Kier alpha value is -1.86. The molecule has 4 nitrogen and oxygen atoms in total. The minimum absolute atomic E-state index is 0.145. The Morgan fingerprint density at radius 3 is 2.82 bits per heavy atom. The van der Waals surface area contributed by atoms with E-state index in [1.165, 1.54) is 0 Å². The van der Waals surface area contributed by atoms with E-state index in [0.29, 0.717) is 30.6 Å². The molecule has 0 amide bonds. The zero-order chi connectivity index (χ0) is 12.7.